The van der Waals surface area contributed by atoms with Gasteiger partial charge in [0, 0.05) is 27.5 Å². The number of anilines is 3. The van der Waals surface area contributed by atoms with Gasteiger partial charge < -0.3 is 16.8 Å². The lowest BCUT2D eigenvalue weighted by Gasteiger charge is -2.08. The first-order valence-electron chi connectivity index (χ1n) is 5.70. The minimum atomic E-state index is -0.225. The third-order valence-electron chi connectivity index (χ3n) is 2.57. The molecule has 0 saturated heterocycles. The molecule has 0 bridgehead atoms. The average Bonchev–Trinajstić information content (AvgIpc) is 2.37. The van der Waals surface area contributed by atoms with E-state index >= 15 is 0 Å². The molecule has 0 fully saturated rings. The predicted octanol–water partition coefficient (Wildman–Crippen LogP) is 2.83. The minimum Gasteiger partial charge on any atom is -0.399 e. The molecule has 4 nitrogen and oxygen atoms in total. The summed E-state index contributed by atoms with van der Waals surface area (Å²) in [4.78, 5) is 13.2. The average molecular weight is 273 g/mol. The monoisotopic (exact) mass is 273 g/mol. The molecular formula is C14H15N3OS. The molecule has 0 aromatic heterocycles. The summed E-state index contributed by atoms with van der Waals surface area (Å²) in [6.07, 6.45) is 1.99. The fourth-order valence-corrected chi connectivity index (χ4v) is 2.17. The van der Waals surface area contributed by atoms with Gasteiger partial charge >= 0.3 is 0 Å². The normalized spacial score (nSPS) is 10.2. The fourth-order valence-electron chi connectivity index (χ4n) is 1.71. The number of carbonyl (C=O) groups is 1. The van der Waals surface area contributed by atoms with E-state index in [-0.39, 0.29) is 5.91 Å². The van der Waals surface area contributed by atoms with Crippen LogP contribution in [-0.4, -0.2) is 12.2 Å². The summed E-state index contributed by atoms with van der Waals surface area (Å²) >= 11 is 1.62. The van der Waals surface area contributed by atoms with Crippen molar-refractivity contribution < 1.29 is 4.79 Å². The Kier molecular flexibility index (Phi) is 3.97. The Morgan fingerprint density at radius 1 is 1.11 bits per heavy atom. The molecule has 2 aromatic carbocycles. The number of nitrogens with one attached hydrogen (secondary N) is 1. The molecule has 0 radical (unpaired) electrons. The summed E-state index contributed by atoms with van der Waals surface area (Å²) in [6.45, 7) is 0. The van der Waals surface area contributed by atoms with Crippen LogP contribution in [0.15, 0.2) is 47.4 Å². The van der Waals surface area contributed by atoms with Crippen molar-refractivity contribution in [2.75, 3.05) is 23.0 Å². The third-order valence-corrected chi connectivity index (χ3v) is 3.29. The van der Waals surface area contributed by atoms with Gasteiger partial charge in [0.1, 0.15) is 0 Å². The molecule has 0 atom stereocenters. The molecule has 0 aliphatic carbocycles. The van der Waals surface area contributed by atoms with Crippen LogP contribution in [0.2, 0.25) is 0 Å². The number of hydrogen-bond acceptors (Lipinski definition) is 4. The second-order valence-corrected chi connectivity index (χ2v) is 4.95. The van der Waals surface area contributed by atoms with Crippen LogP contribution in [0.25, 0.3) is 0 Å². The number of amides is 1. The predicted molar refractivity (Wildman–Crippen MR) is 81.4 cm³/mol. The molecule has 2 rings (SSSR count). The smallest absolute Gasteiger partial charge is 0.255 e. The van der Waals surface area contributed by atoms with Crippen LogP contribution in [0.4, 0.5) is 17.1 Å². The molecule has 0 heterocycles. The maximum absolute atomic E-state index is 12.1. The number of rotatable bonds is 3. The molecule has 2 aromatic rings. The number of nitrogens with two attached hydrogens (primary N) is 2. The maximum atomic E-state index is 12.1. The van der Waals surface area contributed by atoms with E-state index < -0.39 is 0 Å². The number of hydrogen-bond donors (Lipinski definition) is 3. The van der Waals surface area contributed by atoms with Gasteiger partial charge in [-0.05, 0) is 42.7 Å². The van der Waals surface area contributed by atoms with Crippen LogP contribution in [0.1, 0.15) is 10.4 Å². The van der Waals surface area contributed by atoms with Gasteiger partial charge in [-0.3, -0.25) is 4.79 Å². The number of thioether (sulfide) groups is 1. The quantitative estimate of drug-likeness (QED) is 0.593. The summed E-state index contributed by atoms with van der Waals surface area (Å²) in [6, 6.07) is 12.5. The van der Waals surface area contributed by atoms with Gasteiger partial charge in [-0.2, -0.15) is 0 Å². The summed E-state index contributed by atoms with van der Waals surface area (Å²) in [5.41, 5.74) is 13.5. The van der Waals surface area contributed by atoms with E-state index in [4.69, 9.17) is 11.5 Å². The van der Waals surface area contributed by atoms with Crippen molar-refractivity contribution in [2.45, 2.75) is 4.90 Å². The van der Waals surface area contributed by atoms with Crippen molar-refractivity contribution >= 4 is 34.7 Å². The van der Waals surface area contributed by atoms with E-state index in [1.165, 1.54) is 0 Å². The van der Waals surface area contributed by atoms with Crippen molar-refractivity contribution in [1.82, 2.24) is 0 Å². The van der Waals surface area contributed by atoms with E-state index in [2.05, 4.69) is 5.32 Å². The second-order valence-electron chi connectivity index (χ2n) is 4.07. The molecule has 98 valence electrons. The van der Waals surface area contributed by atoms with E-state index in [1.54, 1.807) is 30.0 Å². The van der Waals surface area contributed by atoms with Crippen LogP contribution in [0.5, 0.6) is 0 Å². The van der Waals surface area contributed by atoms with Crippen LogP contribution in [0.3, 0.4) is 0 Å². The van der Waals surface area contributed by atoms with Crippen LogP contribution >= 0.6 is 11.8 Å². The first-order chi connectivity index (χ1) is 9.08. The zero-order chi connectivity index (χ0) is 13.8. The van der Waals surface area contributed by atoms with Crippen molar-refractivity contribution in [2.24, 2.45) is 0 Å². The topological polar surface area (TPSA) is 81.1 Å². The van der Waals surface area contributed by atoms with Crippen LogP contribution in [0, 0.1) is 0 Å². The lowest BCUT2D eigenvalue weighted by molar-refractivity contribution is 0.102. The second kappa shape index (κ2) is 5.67. The summed E-state index contributed by atoms with van der Waals surface area (Å²) in [5, 5.41) is 2.82. The summed E-state index contributed by atoms with van der Waals surface area (Å²) < 4.78 is 0. The Labute approximate surface area is 116 Å². The molecule has 0 aliphatic heterocycles. The Morgan fingerprint density at radius 3 is 2.42 bits per heavy atom. The largest absolute Gasteiger partial charge is 0.399 e. The fraction of sp³-hybridized carbons (Fsp3) is 0.0714. The molecule has 5 N–H and O–H groups in total. The van der Waals surface area contributed by atoms with Crippen molar-refractivity contribution in [1.29, 1.82) is 0 Å². The van der Waals surface area contributed by atoms with Gasteiger partial charge in [0.2, 0.25) is 0 Å². The van der Waals surface area contributed by atoms with E-state index in [0.717, 1.165) is 10.6 Å². The molecule has 19 heavy (non-hydrogen) atoms. The Hall–Kier alpha value is -2.14. The zero-order valence-corrected chi connectivity index (χ0v) is 11.3. The lowest BCUT2D eigenvalue weighted by Crippen LogP contribution is -2.12. The Balaban J connectivity index is 2.20. The highest BCUT2D eigenvalue weighted by molar-refractivity contribution is 7.98. The maximum Gasteiger partial charge on any atom is 0.255 e. The van der Waals surface area contributed by atoms with E-state index in [1.807, 2.05) is 30.5 Å². The van der Waals surface area contributed by atoms with Gasteiger partial charge in [-0.25, -0.2) is 0 Å². The molecular weight excluding hydrogens is 258 g/mol. The highest BCUT2D eigenvalue weighted by Crippen LogP contribution is 2.20. The molecule has 0 aliphatic rings. The van der Waals surface area contributed by atoms with Gasteiger partial charge in [0.15, 0.2) is 0 Å². The Bertz CT molecular complexity index is 593. The molecule has 1 amide bonds. The first-order valence-corrected chi connectivity index (χ1v) is 6.92. The molecule has 0 spiro atoms. The van der Waals surface area contributed by atoms with E-state index in [9.17, 15) is 4.79 Å². The van der Waals surface area contributed by atoms with E-state index in [0.29, 0.717) is 16.9 Å². The standard InChI is InChI=1S/C14H15N3OS/c1-19-13-4-2-3-12(8-13)17-14(18)9-5-10(15)7-11(16)6-9/h2-8H,15-16H2,1H3,(H,17,18). The molecule has 0 saturated carbocycles. The number of carbonyl (C=O) groups excluding carboxylic acids is 1. The van der Waals surface area contributed by atoms with Gasteiger partial charge in [0.25, 0.3) is 5.91 Å². The first kappa shape index (κ1) is 13.3. The lowest BCUT2D eigenvalue weighted by atomic mass is 10.1. The third kappa shape index (κ3) is 3.42. The summed E-state index contributed by atoms with van der Waals surface area (Å²) in [5.74, 6) is -0.225. The highest BCUT2D eigenvalue weighted by Gasteiger charge is 2.08. The number of nitrogen functional groups attached to an aromatic ring is 2. The van der Waals surface area contributed by atoms with Crippen molar-refractivity contribution in [3.63, 3.8) is 0 Å². The molecule has 0 unspecified atom stereocenters. The van der Waals surface area contributed by atoms with Gasteiger partial charge in [-0.15, -0.1) is 11.8 Å². The van der Waals surface area contributed by atoms with Crippen LogP contribution < -0.4 is 16.8 Å². The van der Waals surface area contributed by atoms with Crippen molar-refractivity contribution in [3.05, 3.63) is 48.0 Å². The Morgan fingerprint density at radius 2 is 1.79 bits per heavy atom. The highest BCUT2D eigenvalue weighted by atomic mass is 32.2. The zero-order valence-electron chi connectivity index (χ0n) is 10.5. The minimum absolute atomic E-state index is 0.225. The van der Waals surface area contributed by atoms with Crippen LogP contribution in [-0.2, 0) is 0 Å². The SMILES string of the molecule is CSc1cccc(NC(=O)c2cc(N)cc(N)c2)c1. The van der Waals surface area contributed by atoms with Gasteiger partial charge in [-0.1, -0.05) is 6.07 Å². The van der Waals surface area contributed by atoms with Gasteiger partial charge in [0.05, 0.1) is 0 Å². The van der Waals surface area contributed by atoms with Crippen molar-refractivity contribution in [3.8, 4) is 0 Å². The number of benzene rings is 2. The summed E-state index contributed by atoms with van der Waals surface area (Å²) in [7, 11) is 0. The molecule has 5 heteroatoms.